The van der Waals surface area contributed by atoms with Crippen molar-refractivity contribution in [2.45, 2.75) is 13.5 Å². The van der Waals surface area contributed by atoms with Crippen molar-refractivity contribution in [3.8, 4) is 0 Å². The van der Waals surface area contributed by atoms with E-state index in [-0.39, 0.29) is 19.1 Å². The van der Waals surface area contributed by atoms with Crippen molar-refractivity contribution in [3.63, 3.8) is 0 Å². The Morgan fingerprint density at radius 3 is 2.78 bits per heavy atom. The molecule has 0 aliphatic rings. The molecule has 0 aliphatic carbocycles. The highest BCUT2D eigenvalue weighted by atomic mass is 16.3. The largest absolute Gasteiger partial charge is 0.395 e. The number of aliphatic hydroxyl groups excluding tert-OH is 1. The number of amides is 1. The number of carbonyl (C=O) groups excluding carboxylic acids is 1. The van der Waals surface area contributed by atoms with Crippen LogP contribution in [0, 0.1) is 0 Å². The molecule has 5 nitrogen and oxygen atoms in total. The fraction of sp³-hybridized carbons (Fsp3) is 0.462. The average Bonchev–Trinajstić information content (AvgIpc) is 2.38. The highest BCUT2D eigenvalue weighted by molar-refractivity contribution is 5.92. The van der Waals surface area contributed by atoms with Crippen molar-refractivity contribution in [2.75, 3.05) is 31.6 Å². The van der Waals surface area contributed by atoms with Gasteiger partial charge in [0.05, 0.1) is 13.2 Å². The summed E-state index contributed by atoms with van der Waals surface area (Å²) in [5.41, 5.74) is 7.27. The third kappa shape index (κ3) is 4.44. The number of nitrogens with one attached hydrogen (secondary N) is 1. The van der Waals surface area contributed by atoms with Gasteiger partial charge < -0.3 is 16.2 Å². The first kappa shape index (κ1) is 14.6. The lowest BCUT2D eigenvalue weighted by Gasteiger charge is -2.19. The maximum Gasteiger partial charge on any atom is 0.238 e. The van der Waals surface area contributed by atoms with Gasteiger partial charge in [0, 0.05) is 18.8 Å². The molecule has 0 fully saturated rings. The number of para-hydroxylation sites is 1. The summed E-state index contributed by atoms with van der Waals surface area (Å²) >= 11 is 0. The number of nitrogens with zero attached hydrogens (tertiary/aromatic N) is 1. The summed E-state index contributed by atoms with van der Waals surface area (Å²) in [5.74, 6) is -0.0915. The first-order valence-electron chi connectivity index (χ1n) is 6.12. The third-order valence-corrected chi connectivity index (χ3v) is 2.74. The second kappa shape index (κ2) is 7.81. The zero-order valence-electron chi connectivity index (χ0n) is 10.7. The summed E-state index contributed by atoms with van der Waals surface area (Å²) in [4.78, 5) is 13.7. The molecule has 1 rings (SSSR count). The number of likely N-dealkylation sites (N-methyl/N-ethyl adjacent to an activating group) is 1. The molecule has 0 radical (unpaired) electrons. The van der Waals surface area contributed by atoms with Crippen LogP contribution in [-0.4, -0.2) is 42.2 Å². The first-order chi connectivity index (χ1) is 8.71. The van der Waals surface area contributed by atoms with Gasteiger partial charge in [0.15, 0.2) is 0 Å². The van der Waals surface area contributed by atoms with Gasteiger partial charge in [0.1, 0.15) is 0 Å². The fourth-order valence-electron chi connectivity index (χ4n) is 1.70. The molecule has 0 aliphatic heterocycles. The molecule has 0 saturated heterocycles. The highest BCUT2D eigenvalue weighted by Gasteiger charge is 2.10. The Labute approximate surface area is 108 Å². The Morgan fingerprint density at radius 1 is 1.44 bits per heavy atom. The van der Waals surface area contributed by atoms with Gasteiger partial charge in [-0.15, -0.1) is 0 Å². The minimum atomic E-state index is -0.0915. The smallest absolute Gasteiger partial charge is 0.238 e. The highest BCUT2D eigenvalue weighted by Crippen LogP contribution is 2.13. The van der Waals surface area contributed by atoms with E-state index in [4.69, 9.17) is 10.8 Å². The number of carbonyl (C=O) groups is 1. The van der Waals surface area contributed by atoms with Crippen LogP contribution in [0.2, 0.25) is 0 Å². The van der Waals surface area contributed by atoms with E-state index < -0.39 is 0 Å². The molecular weight excluding hydrogens is 230 g/mol. The molecule has 0 atom stereocenters. The van der Waals surface area contributed by atoms with E-state index in [0.717, 1.165) is 17.8 Å². The van der Waals surface area contributed by atoms with Crippen molar-refractivity contribution in [2.24, 2.45) is 5.73 Å². The Balaban J connectivity index is 2.58. The molecule has 0 heterocycles. The Morgan fingerprint density at radius 2 is 2.17 bits per heavy atom. The van der Waals surface area contributed by atoms with E-state index >= 15 is 0 Å². The number of aliphatic hydroxyl groups is 1. The van der Waals surface area contributed by atoms with Crippen LogP contribution < -0.4 is 11.1 Å². The second-order valence-electron chi connectivity index (χ2n) is 4.00. The van der Waals surface area contributed by atoms with Gasteiger partial charge in [-0.25, -0.2) is 0 Å². The van der Waals surface area contributed by atoms with Gasteiger partial charge in [-0.2, -0.15) is 0 Å². The number of benzene rings is 1. The van der Waals surface area contributed by atoms with Crippen LogP contribution in [0.15, 0.2) is 24.3 Å². The number of rotatable bonds is 7. The zero-order chi connectivity index (χ0) is 13.4. The normalized spacial score (nSPS) is 10.7. The topological polar surface area (TPSA) is 78.6 Å². The predicted molar refractivity (Wildman–Crippen MR) is 72.2 cm³/mol. The van der Waals surface area contributed by atoms with Crippen LogP contribution in [-0.2, 0) is 11.3 Å². The number of hydrogen-bond donors (Lipinski definition) is 3. The summed E-state index contributed by atoms with van der Waals surface area (Å²) in [7, 11) is 0. The van der Waals surface area contributed by atoms with Crippen LogP contribution in [0.3, 0.4) is 0 Å². The van der Waals surface area contributed by atoms with E-state index in [1.165, 1.54) is 0 Å². The average molecular weight is 251 g/mol. The van der Waals surface area contributed by atoms with Crippen LogP contribution in [0.1, 0.15) is 12.5 Å². The minimum absolute atomic E-state index is 0.0561. The molecule has 0 bridgehead atoms. The molecule has 0 unspecified atom stereocenters. The summed E-state index contributed by atoms with van der Waals surface area (Å²) < 4.78 is 0. The van der Waals surface area contributed by atoms with E-state index in [1.54, 1.807) is 0 Å². The number of anilines is 1. The van der Waals surface area contributed by atoms with E-state index in [9.17, 15) is 4.79 Å². The van der Waals surface area contributed by atoms with Gasteiger partial charge in [-0.05, 0) is 18.2 Å². The maximum atomic E-state index is 11.8. The van der Waals surface area contributed by atoms with Crippen molar-refractivity contribution in [1.82, 2.24) is 4.90 Å². The Hall–Kier alpha value is -1.43. The van der Waals surface area contributed by atoms with Gasteiger partial charge in [-0.3, -0.25) is 9.69 Å². The number of hydrogen-bond acceptors (Lipinski definition) is 4. The van der Waals surface area contributed by atoms with Crippen molar-refractivity contribution >= 4 is 11.6 Å². The van der Waals surface area contributed by atoms with E-state index in [2.05, 4.69) is 5.32 Å². The monoisotopic (exact) mass is 251 g/mol. The predicted octanol–water partition coefficient (Wildman–Crippen LogP) is 0.398. The van der Waals surface area contributed by atoms with Gasteiger partial charge >= 0.3 is 0 Å². The lowest BCUT2D eigenvalue weighted by Crippen LogP contribution is -2.35. The van der Waals surface area contributed by atoms with Gasteiger partial charge in [-0.1, -0.05) is 25.1 Å². The molecule has 100 valence electrons. The van der Waals surface area contributed by atoms with Gasteiger partial charge in [0.25, 0.3) is 0 Å². The number of nitrogens with two attached hydrogens (primary N) is 1. The van der Waals surface area contributed by atoms with Crippen molar-refractivity contribution < 1.29 is 9.90 Å². The van der Waals surface area contributed by atoms with Gasteiger partial charge in [0.2, 0.25) is 5.91 Å². The Kier molecular flexibility index (Phi) is 6.35. The summed E-state index contributed by atoms with van der Waals surface area (Å²) in [5, 5.41) is 11.7. The molecule has 1 amide bonds. The third-order valence-electron chi connectivity index (χ3n) is 2.74. The molecule has 4 N–H and O–H groups in total. The lowest BCUT2D eigenvalue weighted by molar-refractivity contribution is -0.117. The van der Waals surface area contributed by atoms with Crippen LogP contribution in [0.25, 0.3) is 0 Å². The molecule has 0 aromatic heterocycles. The molecule has 1 aromatic carbocycles. The Bertz CT molecular complexity index is 382. The molecule has 18 heavy (non-hydrogen) atoms. The van der Waals surface area contributed by atoms with Crippen molar-refractivity contribution in [1.29, 1.82) is 0 Å². The fourth-order valence-corrected chi connectivity index (χ4v) is 1.70. The lowest BCUT2D eigenvalue weighted by atomic mass is 10.2. The van der Waals surface area contributed by atoms with E-state index in [0.29, 0.717) is 13.1 Å². The van der Waals surface area contributed by atoms with Crippen LogP contribution in [0.4, 0.5) is 5.69 Å². The van der Waals surface area contributed by atoms with Crippen LogP contribution >= 0.6 is 0 Å². The minimum Gasteiger partial charge on any atom is -0.395 e. The summed E-state index contributed by atoms with van der Waals surface area (Å²) in [6.45, 7) is 3.91. The maximum absolute atomic E-state index is 11.8. The second-order valence-corrected chi connectivity index (χ2v) is 4.00. The molecular formula is C13H21N3O2. The van der Waals surface area contributed by atoms with Crippen LogP contribution in [0.5, 0.6) is 0 Å². The quantitative estimate of drug-likeness (QED) is 0.655. The molecule has 0 spiro atoms. The SMILES string of the molecule is CCN(CCO)CC(=O)Nc1ccccc1CN. The molecule has 5 heteroatoms. The summed E-state index contributed by atoms with van der Waals surface area (Å²) in [6, 6.07) is 7.48. The standard InChI is InChI=1S/C13H21N3O2/c1-2-16(7-8-17)10-13(18)15-12-6-4-3-5-11(12)9-14/h3-6,17H,2,7-10,14H2,1H3,(H,15,18). The zero-order valence-corrected chi connectivity index (χ0v) is 10.7. The molecule has 1 aromatic rings. The van der Waals surface area contributed by atoms with Crippen molar-refractivity contribution in [3.05, 3.63) is 29.8 Å². The first-order valence-corrected chi connectivity index (χ1v) is 6.12. The molecule has 0 saturated carbocycles. The summed E-state index contributed by atoms with van der Waals surface area (Å²) in [6.07, 6.45) is 0. The van der Waals surface area contributed by atoms with E-state index in [1.807, 2.05) is 36.1 Å².